The number of hydrogen-bond acceptors (Lipinski definition) is 2. The van der Waals surface area contributed by atoms with Crippen molar-refractivity contribution in [2.75, 3.05) is 6.61 Å². The van der Waals surface area contributed by atoms with Crippen molar-refractivity contribution in [3.05, 3.63) is 12.2 Å². The monoisotopic (exact) mass is 182 g/mol. The van der Waals surface area contributed by atoms with Crippen LogP contribution in [0.3, 0.4) is 0 Å². The molecule has 0 rings (SSSR count). The van der Waals surface area contributed by atoms with Gasteiger partial charge in [-0.25, -0.2) is 0 Å². The highest BCUT2D eigenvalue weighted by atomic mass is 19.4. The van der Waals surface area contributed by atoms with Crippen molar-refractivity contribution < 1.29 is 22.7 Å². The molecule has 0 atom stereocenters. The number of rotatable bonds is 3. The van der Waals surface area contributed by atoms with Crippen molar-refractivity contribution >= 4 is 5.97 Å². The summed E-state index contributed by atoms with van der Waals surface area (Å²) in [5, 5.41) is 0. The molecule has 0 heterocycles. The molecule has 0 bridgehead atoms. The van der Waals surface area contributed by atoms with Crippen LogP contribution in [0, 0.1) is 0 Å². The molecule has 0 saturated heterocycles. The molecule has 0 aromatic heterocycles. The van der Waals surface area contributed by atoms with Crippen LogP contribution in [-0.2, 0) is 9.53 Å². The van der Waals surface area contributed by atoms with Gasteiger partial charge in [0.25, 0.3) is 0 Å². The molecule has 0 unspecified atom stereocenters. The zero-order valence-electron chi connectivity index (χ0n) is 6.57. The van der Waals surface area contributed by atoms with E-state index in [1.165, 1.54) is 6.92 Å². The van der Waals surface area contributed by atoms with E-state index in [0.717, 1.165) is 0 Å². The molecule has 0 aromatic carbocycles. The van der Waals surface area contributed by atoms with Crippen LogP contribution in [0.25, 0.3) is 0 Å². The molecule has 70 valence electrons. The Hall–Kier alpha value is -1.00. The molecule has 0 amide bonds. The quantitative estimate of drug-likeness (QED) is 0.493. The minimum absolute atomic E-state index is 0.171. The molecule has 0 fully saturated rings. The SMILES string of the molecule is C=C(C)CC(=O)OCC(F)(F)F. The predicted molar refractivity (Wildman–Crippen MR) is 36.4 cm³/mol. The molecule has 0 aliphatic carbocycles. The summed E-state index contributed by atoms with van der Waals surface area (Å²) in [7, 11) is 0. The molecule has 0 radical (unpaired) electrons. The van der Waals surface area contributed by atoms with Gasteiger partial charge in [0.2, 0.25) is 0 Å². The van der Waals surface area contributed by atoms with Gasteiger partial charge in [-0.3, -0.25) is 4.79 Å². The Balaban J connectivity index is 3.65. The molecule has 2 nitrogen and oxygen atoms in total. The standard InChI is InChI=1S/C7H9F3O2/c1-5(2)3-6(11)12-4-7(8,9)10/h1,3-4H2,2H3. The highest BCUT2D eigenvalue weighted by Crippen LogP contribution is 2.15. The third-order valence-corrected chi connectivity index (χ3v) is 0.843. The highest BCUT2D eigenvalue weighted by molar-refractivity contribution is 5.72. The maximum absolute atomic E-state index is 11.5. The van der Waals surface area contributed by atoms with Gasteiger partial charge in [0.1, 0.15) is 0 Å². The Labute approximate surface area is 68.0 Å². The van der Waals surface area contributed by atoms with Crippen LogP contribution in [0.1, 0.15) is 13.3 Å². The van der Waals surface area contributed by atoms with Gasteiger partial charge in [-0.1, -0.05) is 12.2 Å². The second kappa shape index (κ2) is 4.13. The largest absolute Gasteiger partial charge is 0.456 e. The van der Waals surface area contributed by atoms with Crippen molar-refractivity contribution in [2.45, 2.75) is 19.5 Å². The summed E-state index contributed by atoms with van der Waals surface area (Å²) in [6.45, 7) is 3.37. The van der Waals surface area contributed by atoms with E-state index < -0.39 is 18.8 Å². The lowest BCUT2D eigenvalue weighted by Gasteiger charge is -2.06. The summed E-state index contributed by atoms with van der Waals surface area (Å²) in [6, 6.07) is 0. The number of carbonyl (C=O) groups is 1. The fourth-order valence-corrected chi connectivity index (χ4v) is 0.460. The molecule has 0 saturated carbocycles. The van der Waals surface area contributed by atoms with Crippen molar-refractivity contribution in [2.24, 2.45) is 0 Å². The Kier molecular flexibility index (Phi) is 3.79. The molecule has 0 aromatic rings. The van der Waals surface area contributed by atoms with Crippen LogP contribution in [0.15, 0.2) is 12.2 Å². The Morgan fingerprint density at radius 3 is 2.33 bits per heavy atom. The Bertz CT molecular complexity index is 184. The van der Waals surface area contributed by atoms with E-state index in [1.54, 1.807) is 0 Å². The van der Waals surface area contributed by atoms with Gasteiger partial charge in [0.05, 0.1) is 6.42 Å². The summed E-state index contributed by atoms with van der Waals surface area (Å²) in [4.78, 5) is 10.5. The zero-order valence-corrected chi connectivity index (χ0v) is 6.57. The maximum Gasteiger partial charge on any atom is 0.422 e. The second-order valence-electron chi connectivity index (χ2n) is 2.41. The second-order valence-corrected chi connectivity index (χ2v) is 2.41. The summed E-state index contributed by atoms with van der Waals surface area (Å²) < 4.78 is 38.3. The number of halogens is 3. The number of esters is 1. The van der Waals surface area contributed by atoms with Crippen LogP contribution in [0.4, 0.5) is 13.2 Å². The first-order valence-electron chi connectivity index (χ1n) is 3.18. The number of ether oxygens (including phenoxy) is 1. The van der Waals surface area contributed by atoms with Crippen LogP contribution >= 0.6 is 0 Å². The fraction of sp³-hybridized carbons (Fsp3) is 0.571. The predicted octanol–water partition coefficient (Wildman–Crippen LogP) is 2.06. The molecule has 5 heteroatoms. The summed E-state index contributed by atoms with van der Waals surface area (Å²) in [5.41, 5.74) is 0.474. The van der Waals surface area contributed by atoms with Crippen molar-refractivity contribution in [3.8, 4) is 0 Å². The third kappa shape index (κ3) is 7.11. The summed E-state index contributed by atoms with van der Waals surface area (Å²) in [5.74, 6) is -0.903. The van der Waals surface area contributed by atoms with Crippen molar-refractivity contribution in [1.82, 2.24) is 0 Å². The van der Waals surface area contributed by atoms with Crippen molar-refractivity contribution in [3.63, 3.8) is 0 Å². The Morgan fingerprint density at radius 1 is 1.50 bits per heavy atom. The van der Waals surface area contributed by atoms with Crippen molar-refractivity contribution in [1.29, 1.82) is 0 Å². The van der Waals surface area contributed by atoms with Gasteiger partial charge in [0, 0.05) is 0 Å². The van der Waals surface area contributed by atoms with Crippen LogP contribution in [0.2, 0.25) is 0 Å². The molecule has 12 heavy (non-hydrogen) atoms. The summed E-state index contributed by atoms with van der Waals surface area (Å²) in [6.07, 6.45) is -4.62. The van der Waals surface area contributed by atoms with E-state index in [2.05, 4.69) is 11.3 Å². The van der Waals surface area contributed by atoms with E-state index in [-0.39, 0.29) is 6.42 Å². The number of alkyl halides is 3. The third-order valence-electron chi connectivity index (χ3n) is 0.843. The number of hydrogen-bond donors (Lipinski definition) is 0. The van der Waals surface area contributed by atoms with Crippen LogP contribution < -0.4 is 0 Å². The van der Waals surface area contributed by atoms with Gasteiger partial charge >= 0.3 is 12.1 Å². The normalized spacial score (nSPS) is 11.0. The average Bonchev–Trinajstić information content (AvgIpc) is 1.80. The van der Waals surface area contributed by atoms with Crippen LogP contribution in [-0.4, -0.2) is 18.8 Å². The van der Waals surface area contributed by atoms with Gasteiger partial charge in [0.15, 0.2) is 6.61 Å². The number of carbonyl (C=O) groups excluding carboxylic acids is 1. The fourth-order valence-electron chi connectivity index (χ4n) is 0.460. The lowest BCUT2D eigenvalue weighted by Crippen LogP contribution is -2.20. The Morgan fingerprint density at radius 2 is 2.00 bits per heavy atom. The average molecular weight is 182 g/mol. The molecule has 0 N–H and O–H groups in total. The van der Waals surface area contributed by atoms with Gasteiger partial charge in [-0.05, 0) is 6.92 Å². The van der Waals surface area contributed by atoms with Gasteiger partial charge in [-0.2, -0.15) is 13.2 Å². The highest BCUT2D eigenvalue weighted by Gasteiger charge is 2.29. The molecule has 0 aliphatic rings. The first kappa shape index (κ1) is 11.0. The summed E-state index contributed by atoms with van der Waals surface area (Å²) >= 11 is 0. The molecular formula is C7H9F3O2. The van der Waals surface area contributed by atoms with E-state index in [1.807, 2.05) is 0 Å². The van der Waals surface area contributed by atoms with E-state index in [0.29, 0.717) is 5.57 Å². The lowest BCUT2D eigenvalue weighted by molar-refractivity contribution is -0.185. The van der Waals surface area contributed by atoms with Crippen LogP contribution in [0.5, 0.6) is 0 Å². The first-order chi connectivity index (χ1) is 5.31. The molecular weight excluding hydrogens is 173 g/mol. The molecule has 0 spiro atoms. The topological polar surface area (TPSA) is 26.3 Å². The smallest absolute Gasteiger partial charge is 0.422 e. The van der Waals surface area contributed by atoms with E-state index >= 15 is 0 Å². The molecule has 0 aliphatic heterocycles. The minimum Gasteiger partial charge on any atom is -0.456 e. The van der Waals surface area contributed by atoms with Gasteiger partial charge in [-0.15, -0.1) is 0 Å². The van der Waals surface area contributed by atoms with E-state index in [4.69, 9.17) is 0 Å². The maximum atomic E-state index is 11.5. The van der Waals surface area contributed by atoms with E-state index in [9.17, 15) is 18.0 Å². The minimum atomic E-state index is -4.45. The zero-order chi connectivity index (χ0) is 9.78. The lowest BCUT2D eigenvalue weighted by atomic mass is 10.2. The van der Waals surface area contributed by atoms with Gasteiger partial charge < -0.3 is 4.74 Å². The first-order valence-corrected chi connectivity index (χ1v) is 3.18.